The SMILES string of the molecule is CCC(C)Nc1nc(Nc2ccc(SOOO)cc2)nc(Nc2ccc(/C=C/c3ccc(Nc4nc(Nc5ccc(S(=O)(=O)O)cc5)nc(NC(C)CC)n4)cc3S(=O)(=O)O)c(SOOO)c2)n1. The standard InChI is InChI=1S/C40H44N12O12S4/c1-5-23(3)41-35-47-37(43-27-13-17-31(18-14-27)65-63-61-53)51-39(49-35)45-29-11-9-25(33(21-29)66-64-62-54)7-8-26-10-12-30(22-34(26)68(58,59)60)46-40-50-36(42-24(4)6-2)48-38(52-40)44-28-15-19-32(20-16-28)67(55,56)57/h7-24,53-54H,5-6H2,1-4H3,(H,55,56,57)(H,58,59,60)(H3,41,43,45,47,49,51)(H3,42,44,46,48,50,52)/b8-7+. The van der Waals surface area contributed by atoms with E-state index in [9.17, 15) is 25.9 Å². The zero-order chi connectivity index (χ0) is 48.8. The van der Waals surface area contributed by atoms with E-state index in [2.05, 4.69) is 76.2 Å². The molecule has 2 heterocycles. The Morgan fingerprint density at radius 2 is 0.956 bits per heavy atom. The third-order valence-electron chi connectivity index (χ3n) is 9.34. The van der Waals surface area contributed by atoms with Crippen molar-refractivity contribution in [3.8, 4) is 0 Å². The molecule has 0 spiro atoms. The third kappa shape index (κ3) is 15.1. The highest BCUT2D eigenvalue weighted by atomic mass is 32.2. The molecule has 0 radical (unpaired) electrons. The molecule has 0 amide bonds. The van der Waals surface area contributed by atoms with Gasteiger partial charge in [0, 0.05) is 44.6 Å². The maximum absolute atomic E-state index is 12.8. The molecule has 2 unspecified atom stereocenters. The predicted molar refractivity (Wildman–Crippen MR) is 255 cm³/mol. The Labute approximate surface area is 398 Å². The monoisotopic (exact) mass is 1010 g/mol. The predicted octanol–water partition coefficient (Wildman–Crippen LogP) is 8.97. The van der Waals surface area contributed by atoms with Crippen molar-refractivity contribution in [3.05, 3.63) is 96.1 Å². The second-order valence-electron chi connectivity index (χ2n) is 14.3. The minimum atomic E-state index is -4.82. The number of rotatable bonds is 24. The van der Waals surface area contributed by atoms with Crippen molar-refractivity contribution < 1.29 is 55.2 Å². The quantitative estimate of drug-likeness (QED) is 0.00888. The van der Waals surface area contributed by atoms with E-state index in [-0.39, 0.29) is 63.9 Å². The summed E-state index contributed by atoms with van der Waals surface area (Å²) >= 11 is 1.45. The van der Waals surface area contributed by atoms with Crippen LogP contribution in [-0.2, 0) is 39.0 Å². The molecule has 0 bridgehead atoms. The Kier molecular flexibility index (Phi) is 17.8. The van der Waals surface area contributed by atoms with Crippen molar-refractivity contribution in [2.45, 2.75) is 72.2 Å². The topological polar surface area (TPSA) is 336 Å². The number of benzene rings is 4. The molecule has 360 valence electrons. The maximum atomic E-state index is 12.8. The molecule has 0 saturated carbocycles. The second-order valence-corrected chi connectivity index (χ2v) is 18.6. The smallest absolute Gasteiger partial charge is 0.295 e. The number of hydrogen-bond acceptors (Lipinski definition) is 24. The number of nitrogens with one attached hydrogen (secondary N) is 6. The van der Waals surface area contributed by atoms with E-state index in [1.54, 1.807) is 48.5 Å². The Bertz CT molecular complexity index is 2920. The molecule has 28 heteroatoms. The minimum Gasteiger partial charge on any atom is -0.352 e. The minimum absolute atomic E-state index is 0.0199. The van der Waals surface area contributed by atoms with Crippen LogP contribution >= 0.6 is 24.1 Å². The lowest BCUT2D eigenvalue weighted by Crippen LogP contribution is -2.17. The van der Waals surface area contributed by atoms with Crippen LogP contribution in [0.3, 0.4) is 0 Å². The first-order valence-corrected chi connectivity index (χ1v) is 24.4. The normalized spacial score (nSPS) is 12.6. The van der Waals surface area contributed by atoms with Crippen LogP contribution < -0.4 is 31.9 Å². The molecular formula is C40H44N12O12S4. The van der Waals surface area contributed by atoms with Gasteiger partial charge < -0.3 is 31.9 Å². The summed E-state index contributed by atoms with van der Waals surface area (Å²) in [6, 6.07) is 21.2. The number of anilines is 10. The zero-order valence-corrected chi connectivity index (χ0v) is 39.4. The van der Waals surface area contributed by atoms with E-state index in [0.29, 0.717) is 44.5 Å². The molecule has 6 rings (SSSR count). The van der Waals surface area contributed by atoms with Crippen LogP contribution in [-0.4, -0.2) is 78.4 Å². The molecule has 0 fully saturated rings. The fourth-order valence-electron chi connectivity index (χ4n) is 5.65. The van der Waals surface area contributed by atoms with Gasteiger partial charge in [0.25, 0.3) is 20.2 Å². The van der Waals surface area contributed by atoms with E-state index in [1.165, 1.54) is 48.5 Å². The van der Waals surface area contributed by atoms with Crippen LogP contribution in [0.4, 0.5) is 58.4 Å². The summed E-state index contributed by atoms with van der Waals surface area (Å²) in [6.45, 7) is 7.85. The first-order chi connectivity index (χ1) is 32.5. The van der Waals surface area contributed by atoms with Gasteiger partial charge in [-0.05, 0) is 111 Å². The van der Waals surface area contributed by atoms with Crippen molar-refractivity contribution in [1.82, 2.24) is 29.9 Å². The lowest BCUT2D eigenvalue weighted by atomic mass is 10.1. The summed E-state index contributed by atoms with van der Waals surface area (Å²) in [5, 5.41) is 43.5. The maximum Gasteiger partial charge on any atom is 0.295 e. The van der Waals surface area contributed by atoms with Crippen LogP contribution in [0.5, 0.6) is 0 Å². The van der Waals surface area contributed by atoms with E-state index in [0.717, 1.165) is 24.9 Å². The average Bonchev–Trinajstić information content (AvgIpc) is 3.30. The molecule has 4 aromatic carbocycles. The van der Waals surface area contributed by atoms with E-state index in [4.69, 9.17) is 14.8 Å². The Morgan fingerprint density at radius 3 is 1.43 bits per heavy atom. The fourth-order valence-corrected chi connectivity index (χ4v) is 7.71. The summed E-state index contributed by atoms with van der Waals surface area (Å²) in [7, 11) is -9.24. The molecule has 0 saturated heterocycles. The van der Waals surface area contributed by atoms with Gasteiger partial charge in [0.2, 0.25) is 35.7 Å². The highest BCUT2D eigenvalue weighted by Crippen LogP contribution is 2.32. The van der Waals surface area contributed by atoms with E-state index >= 15 is 0 Å². The van der Waals surface area contributed by atoms with Gasteiger partial charge in [0.1, 0.15) is 4.90 Å². The molecular weight excluding hydrogens is 969 g/mol. The van der Waals surface area contributed by atoms with Gasteiger partial charge >= 0.3 is 0 Å². The van der Waals surface area contributed by atoms with Gasteiger partial charge in [-0.25, -0.2) is 10.5 Å². The fraction of sp³-hybridized carbons (Fsp3) is 0.200. The summed E-state index contributed by atoms with van der Waals surface area (Å²) in [4.78, 5) is 27.0. The third-order valence-corrected chi connectivity index (χ3v) is 12.4. The highest BCUT2D eigenvalue weighted by molar-refractivity contribution is 7.94. The van der Waals surface area contributed by atoms with Gasteiger partial charge in [-0.2, -0.15) is 46.7 Å². The van der Waals surface area contributed by atoms with Crippen molar-refractivity contribution in [3.63, 3.8) is 0 Å². The van der Waals surface area contributed by atoms with Gasteiger partial charge in [-0.1, -0.05) is 48.2 Å². The number of aromatic nitrogens is 6. The summed E-state index contributed by atoms with van der Waals surface area (Å²) in [5.74, 6) is 0.812. The van der Waals surface area contributed by atoms with Crippen LogP contribution in [0, 0.1) is 0 Å². The molecule has 68 heavy (non-hydrogen) atoms. The first-order valence-electron chi connectivity index (χ1n) is 20.1. The summed E-state index contributed by atoms with van der Waals surface area (Å²) in [6.07, 6.45) is 4.50. The van der Waals surface area contributed by atoms with Crippen molar-refractivity contribution in [2.75, 3.05) is 31.9 Å². The van der Waals surface area contributed by atoms with Crippen LogP contribution in [0.2, 0.25) is 0 Å². The second kappa shape index (κ2) is 23.6. The lowest BCUT2D eigenvalue weighted by Gasteiger charge is -2.15. The Balaban J connectivity index is 1.25. The van der Waals surface area contributed by atoms with Crippen LogP contribution in [0.25, 0.3) is 12.2 Å². The molecule has 6 aromatic rings. The molecule has 2 atom stereocenters. The Hall–Kier alpha value is -6.28. The number of hydrogen-bond donors (Lipinski definition) is 10. The summed E-state index contributed by atoms with van der Waals surface area (Å²) < 4.78 is 77.5. The molecule has 10 N–H and O–H groups in total. The van der Waals surface area contributed by atoms with Gasteiger partial charge in [-0.15, -0.1) is 8.67 Å². The molecule has 0 aliphatic heterocycles. The first kappa shape index (κ1) is 51.1. The van der Waals surface area contributed by atoms with Crippen molar-refractivity contribution in [2.24, 2.45) is 0 Å². The lowest BCUT2D eigenvalue weighted by molar-refractivity contribution is -0.432. The average molecular weight is 1010 g/mol. The van der Waals surface area contributed by atoms with E-state index < -0.39 is 25.1 Å². The molecule has 2 aromatic heterocycles. The summed E-state index contributed by atoms with van der Waals surface area (Å²) in [5.41, 5.74) is 2.21. The highest BCUT2D eigenvalue weighted by Gasteiger charge is 2.18. The Morgan fingerprint density at radius 1 is 0.544 bits per heavy atom. The van der Waals surface area contributed by atoms with Gasteiger partial charge in [0.15, 0.2) is 0 Å². The van der Waals surface area contributed by atoms with E-state index in [1.807, 2.05) is 27.7 Å². The van der Waals surface area contributed by atoms with Gasteiger partial charge in [0.05, 0.1) is 29.0 Å². The number of nitrogens with zero attached hydrogens (tertiary/aromatic N) is 6. The molecule has 24 nitrogen and oxygen atoms in total. The molecule has 0 aliphatic carbocycles. The largest absolute Gasteiger partial charge is 0.352 e. The van der Waals surface area contributed by atoms with Crippen LogP contribution in [0.1, 0.15) is 51.7 Å². The van der Waals surface area contributed by atoms with Crippen molar-refractivity contribution >= 4 is 115 Å². The molecule has 0 aliphatic rings. The van der Waals surface area contributed by atoms with Crippen LogP contribution in [0.15, 0.2) is 105 Å². The van der Waals surface area contributed by atoms with Crippen molar-refractivity contribution in [1.29, 1.82) is 0 Å². The zero-order valence-electron chi connectivity index (χ0n) is 36.2. The van der Waals surface area contributed by atoms with Gasteiger partial charge in [-0.3, -0.25) is 9.11 Å².